The van der Waals surface area contributed by atoms with Gasteiger partial charge in [-0.05, 0) is 37.5 Å². The van der Waals surface area contributed by atoms with E-state index in [4.69, 9.17) is 37.0 Å². The van der Waals surface area contributed by atoms with Gasteiger partial charge in [-0.1, -0.05) is 350 Å². The van der Waals surface area contributed by atoms with E-state index >= 15 is 0 Å². The first-order valence-electron chi connectivity index (χ1n) is 40.0. The second-order valence-electron chi connectivity index (χ2n) is 28.7. The molecule has 19 heteroatoms. The van der Waals surface area contributed by atoms with E-state index in [0.29, 0.717) is 25.7 Å². The van der Waals surface area contributed by atoms with Crippen LogP contribution in [0.1, 0.15) is 401 Å². The van der Waals surface area contributed by atoms with Crippen LogP contribution >= 0.6 is 15.6 Å². The van der Waals surface area contributed by atoms with Gasteiger partial charge in [0.15, 0.2) is 12.2 Å². The molecular weight excluding hydrogens is 1260 g/mol. The van der Waals surface area contributed by atoms with Gasteiger partial charge < -0.3 is 33.8 Å². The molecule has 5 atom stereocenters. The summed E-state index contributed by atoms with van der Waals surface area (Å²) >= 11 is 0. The second kappa shape index (κ2) is 68.8. The molecule has 0 amide bonds. The number of ether oxygens (including phenoxy) is 4. The Bertz CT molecular complexity index is 1860. The molecule has 0 radical (unpaired) electrons. The Balaban J connectivity index is 5.23. The largest absolute Gasteiger partial charge is 0.472 e. The van der Waals surface area contributed by atoms with Crippen LogP contribution in [0.5, 0.6) is 0 Å². The zero-order valence-corrected chi connectivity index (χ0v) is 64.5. The summed E-state index contributed by atoms with van der Waals surface area (Å²) in [6.07, 6.45) is 56.8. The summed E-state index contributed by atoms with van der Waals surface area (Å²) in [5, 5.41) is 10.6. The molecule has 0 saturated carbocycles. The molecule has 0 aliphatic rings. The molecule has 2 unspecified atom stereocenters. The number of phosphoric acid groups is 2. The number of aliphatic hydroxyl groups excluding tert-OH is 1. The third-order valence-corrected chi connectivity index (χ3v) is 19.9. The van der Waals surface area contributed by atoms with Crippen LogP contribution in [0, 0.1) is 11.8 Å². The van der Waals surface area contributed by atoms with Gasteiger partial charge in [0.2, 0.25) is 0 Å². The summed E-state index contributed by atoms with van der Waals surface area (Å²) in [5.74, 6) is -0.567. The smallest absolute Gasteiger partial charge is 0.462 e. The topological polar surface area (TPSA) is 237 Å². The third kappa shape index (κ3) is 70.5. The highest BCUT2D eigenvalue weighted by atomic mass is 31.2. The molecule has 0 aromatic heterocycles. The highest BCUT2D eigenvalue weighted by Crippen LogP contribution is 2.45. The molecule has 0 bridgehead atoms. The minimum atomic E-state index is -4.96. The van der Waals surface area contributed by atoms with Gasteiger partial charge in [-0.15, -0.1) is 0 Å². The molecule has 96 heavy (non-hydrogen) atoms. The van der Waals surface area contributed by atoms with Crippen LogP contribution in [0.4, 0.5) is 0 Å². The molecular formula is C77H150O17P2. The van der Waals surface area contributed by atoms with Crippen molar-refractivity contribution in [1.29, 1.82) is 0 Å². The number of carbonyl (C=O) groups excluding carboxylic acids is 4. The van der Waals surface area contributed by atoms with Crippen molar-refractivity contribution in [3.63, 3.8) is 0 Å². The van der Waals surface area contributed by atoms with Crippen molar-refractivity contribution in [3.05, 3.63) is 0 Å². The number of carbonyl (C=O) groups is 4. The molecule has 3 N–H and O–H groups in total. The lowest BCUT2D eigenvalue weighted by atomic mass is 10.0. The summed E-state index contributed by atoms with van der Waals surface area (Å²) in [5.41, 5.74) is 0. The summed E-state index contributed by atoms with van der Waals surface area (Å²) < 4.78 is 68.5. The van der Waals surface area contributed by atoms with E-state index in [1.807, 2.05) is 0 Å². The predicted octanol–water partition coefficient (Wildman–Crippen LogP) is 22.7. The van der Waals surface area contributed by atoms with Crippen molar-refractivity contribution in [1.82, 2.24) is 0 Å². The molecule has 0 aliphatic carbocycles. The quantitative estimate of drug-likeness (QED) is 0.0222. The highest BCUT2D eigenvalue weighted by molar-refractivity contribution is 7.47. The van der Waals surface area contributed by atoms with Crippen LogP contribution < -0.4 is 0 Å². The van der Waals surface area contributed by atoms with Gasteiger partial charge in [-0.3, -0.25) is 37.3 Å². The lowest BCUT2D eigenvalue weighted by Gasteiger charge is -2.21. The molecule has 0 spiro atoms. The van der Waals surface area contributed by atoms with Gasteiger partial charge in [0.25, 0.3) is 0 Å². The number of unbranched alkanes of at least 4 members (excludes halogenated alkanes) is 46. The zero-order chi connectivity index (χ0) is 70.7. The Hall–Kier alpha value is -1.94. The van der Waals surface area contributed by atoms with Crippen LogP contribution in [0.25, 0.3) is 0 Å². The average Bonchev–Trinajstić information content (AvgIpc) is 1.24. The SMILES string of the molecule is CCCCCCCCCCCCCCCCCCCCC(=O)O[C@H](COC(=O)CCCCCCCCCCCCCCC(C)C)COP(=O)(O)OC[C@@H](O)COP(=O)(O)OC[C@@H](COC(=O)CCCCCCCCCCC)OC(=O)CCCCCCCCCCCCCC(C)C. The number of aliphatic hydroxyl groups is 1. The van der Waals surface area contributed by atoms with Crippen molar-refractivity contribution >= 4 is 39.5 Å². The third-order valence-electron chi connectivity index (χ3n) is 18.0. The maximum atomic E-state index is 13.1. The van der Waals surface area contributed by atoms with Gasteiger partial charge in [-0.25, -0.2) is 9.13 Å². The van der Waals surface area contributed by atoms with E-state index in [1.165, 1.54) is 218 Å². The summed E-state index contributed by atoms with van der Waals surface area (Å²) in [4.78, 5) is 72.8. The van der Waals surface area contributed by atoms with Gasteiger partial charge in [-0.2, -0.15) is 0 Å². The summed E-state index contributed by atoms with van der Waals surface area (Å²) in [7, 11) is -9.91. The van der Waals surface area contributed by atoms with Crippen LogP contribution in [-0.4, -0.2) is 96.7 Å². The Morgan fingerprint density at radius 3 is 0.708 bits per heavy atom. The lowest BCUT2D eigenvalue weighted by molar-refractivity contribution is -0.161. The molecule has 0 aromatic carbocycles. The van der Waals surface area contributed by atoms with Gasteiger partial charge in [0, 0.05) is 25.7 Å². The first kappa shape index (κ1) is 94.1. The molecule has 570 valence electrons. The fraction of sp³-hybridized carbons (Fsp3) is 0.948. The summed E-state index contributed by atoms with van der Waals surface area (Å²) in [6, 6.07) is 0. The van der Waals surface area contributed by atoms with E-state index in [-0.39, 0.29) is 25.7 Å². The van der Waals surface area contributed by atoms with E-state index in [0.717, 1.165) is 102 Å². The Kier molecular flexibility index (Phi) is 67.4. The first-order chi connectivity index (χ1) is 46.4. The Labute approximate surface area is 588 Å². The van der Waals surface area contributed by atoms with E-state index in [9.17, 15) is 43.2 Å². The van der Waals surface area contributed by atoms with E-state index in [2.05, 4.69) is 41.5 Å². The highest BCUT2D eigenvalue weighted by Gasteiger charge is 2.30. The fourth-order valence-corrected chi connectivity index (χ4v) is 13.4. The van der Waals surface area contributed by atoms with E-state index < -0.39 is 97.5 Å². The maximum absolute atomic E-state index is 13.1. The number of hydrogen-bond acceptors (Lipinski definition) is 15. The molecule has 0 saturated heterocycles. The minimum Gasteiger partial charge on any atom is -0.462 e. The average molecular weight is 1410 g/mol. The monoisotopic (exact) mass is 1410 g/mol. The van der Waals surface area contributed by atoms with Gasteiger partial charge in [0.05, 0.1) is 26.4 Å². The van der Waals surface area contributed by atoms with Crippen LogP contribution in [-0.2, 0) is 65.4 Å². The number of hydrogen-bond donors (Lipinski definition) is 3. The first-order valence-corrected chi connectivity index (χ1v) is 43.0. The van der Waals surface area contributed by atoms with Crippen molar-refractivity contribution in [2.75, 3.05) is 39.6 Å². The molecule has 17 nitrogen and oxygen atoms in total. The summed E-state index contributed by atoms with van der Waals surface area (Å²) in [6.45, 7) is 9.61. The zero-order valence-electron chi connectivity index (χ0n) is 62.7. The molecule has 0 aromatic rings. The van der Waals surface area contributed by atoms with Crippen molar-refractivity contribution in [2.24, 2.45) is 11.8 Å². The van der Waals surface area contributed by atoms with Gasteiger partial charge >= 0.3 is 39.5 Å². The Morgan fingerprint density at radius 1 is 0.281 bits per heavy atom. The normalized spacial score (nSPS) is 14.0. The molecule has 0 aliphatic heterocycles. The molecule has 0 fully saturated rings. The van der Waals surface area contributed by atoms with Crippen molar-refractivity contribution < 1.29 is 80.2 Å². The van der Waals surface area contributed by atoms with E-state index in [1.54, 1.807) is 0 Å². The fourth-order valence-electron chi connectivity index (χ4n) is 11.8. The standard InChI is InChI=1S/C77H150O17P2/c1-7-9-11-13-15-17-18-19-20-21-22-23-24-31-37-43-49-55-61-76(81)94-73(66-88-75(80)60-54-48-42-36-30-26-25-28-34-39-45-51-57-69(3)4)68-92-96(85,86)90-64-71(78)63-89-95(83,84)91-67-72(65-87-74(79)59-53-47-41-33-16-14-12-10-8-2)93-77(82)62-56-50-44-38-32-27-29-35-40-46-52-58-70(5)6/h69-73,78H,7-68H2,1-6H3,(H,83,84)(H,85,86)/t71-,72+,73+/m0/s1. The van der Waals surface area contributed by atoms with Crippen LogP contribution in [0.15, 0.2) is 0 Å². The van der Waals surface area contributed by atoms with Crippen LogP contribution in [0.2, 0.25) is 0 Å². The van der Waals surface area contributed by atoms with Crippen molar-refractivity contribution in [2.45, 2.75) is 419 Å². The Morgan fingerprint density at radius 2 is 0.479 bits per heavy atom. The lowest BCUT2D eigenvalue weighted by Crippen LogP contribution is -2.30. The maximum Gasteiger partial charge on any atom is 0.472 e. The predicted molar refractivity (Wildman–Crippen MR) is 391 cm³/mol. The van der Waals surface area contributed by atoms with Crippen molar-refractivity contribution in [3.8, 4) is 0 Å². The molecule has 0 rings (SSSR count). The number of rotatable bonds is 76. The number of phosphoric ester groups is 2. The molecule has 0 heterocycles. The second-order valence-corrected chi connectivity index (χ2v) is 31.6. The number of esters is 4. The minimum absolute atomic E-state index is 0.107. The van der Waals surface area contributed by atoms with Crippen LogP contribution in [0.3, 0.4) is 0 Å². The van der Waals surface area contributed by atoms with Gasteiger partial charge in [0.1, 0.15) is 19.3 Å².